The van der Waals surface area contributed by atoms with E-state index in [1.54, 1.807) is 19.2 Å². The Hall–Kier alpha value is -2.97. The molecule has 1 saturated heterocycles. The Kier molecular flexibility index (Phi) is 4.07. The van der Waals surface area contributed by atoms with Crippen molar-refractivity contribution in [3.63, 3.8) is 0 Å². The van der Waals surface area contributed by atoms with Crippen molar-refractivity contribution in [1.29, 1.82) is 0 Å². The van der Waals surface area contributed by atoms with Gasteiger partial charge in [0, 0.05) is 42.5 Å². The maximum absolute atomic E-state index is 13.2. The van der Waals surface area contributed by atoms with Crippen molar-refractivity contribution >= 4 is 32.8 Å². The van der Waals surface area contributed by atoms with E-state index in [0.717, 1.165) is 24.3 Å². The van der Waals surface area contributed by atoms with Gasteiger partial charge in [-0.05, 0) is 23.8 Å². The summed E-state index contributed by atoms with van der Waals surface area (Å²) in [6, 6.07) is 12.5. The van der Waals surface area contributed by atoms with Gasteiger partial charge in [0.1, 0.15) is 0 Å². The summed E-state index contributed by atoms with van der Waals surface area (Å²) in [5.41, 5.74) is 3.73. The molecule has 1 N–H and O–H groups in total. The summed E-state index contributed by atoms with van der Waals surface area (Å²) in [4.78, 5) is 15.5. The molecular weight excluding hydrogens is 390 g/mol. The Morgan fingerprint density at radius 3 is 2.62 bits per heavy atom. The minimum absolute atomic E-state index is 0.0929. The molecule has 0 atom stereocenters. The molecule has 0 aromatic heterocycles. The van der Waals surface area contributed by atoms with Crippen molar-refractivity contribution in [2.45, 2.75) is 4.90 Å². The average molecular weight is 409 g/mol. The van der Waals surface area contributed by atoms with Gasteiger partial charge in [0.25, 0.3) is 10.0 Å². The molecule has 0 saturated carbocycles. The first-order valence-corrected chi connectivity index (χ1v) is 10.8. The monoisotopic (exact) mass is 409 g/mol. The molecule has 7 nitrogen and oxygen atoms in total. The van der Waals surface area contributed by atoms with Crippen LogP contribution in [-0.2, 0) is 14.8 Å². The number of allylic oxidation sites excluding steroid dienone is 2. The molecule has 0 bridgehead atoms. The third-order valence-electron chi connectivity index (χ3n) is 5.47. The van der Waals surface area contributed by atoms with Crippen molar-refractivity contribution in [3.8, 4) is 0 Å². The number of hydrogen-bond acceptors (Lipinski definition) is 6. The smallest absolute Gasteiger partial charge is 0.283 e. The van der Waals surface area contributed by atoms with Gasteiger partial charge in [0.05, 0.1) is 29.5 Å². The summed E-state index contributed by atoms with van der Waals surface area (Å²) in [6.45, 7) is 2.88. The molecule has 0 radical (unpaired) electrons. The number of nitrogens with one attached hydrogen (secondary N) is 1. The first kappa shape index (κ1) is 18.1. The van der Waals surface area contributed by atoms with E-state index in [0.29, 0.717) is 41.3 Å². The predicted octanol–water partition coefficient (Wildman–Crippen LogP) is 1.84. The highest BCUT2D eigenvalue weighted by Crippen LogP contribution is 2.40. The predicted molar refractivity (Wildman–Crippen MR) is 110 cm³/mol. The van der Waals surface area contributed by atoms with Gasteiger partial charge in [-0.1, -0.05) is 24.3 Å². The summed E-state index contributed by atoms with van der Waals surface area (Å²) in [5.74, 6) is -0.229. The number of benzene rings is 2. The average Bonchev–Trinajstić information content (AvgIpc) is 3.02. The second-order valence-corrected chi connectivity index (χ2v) is 8.65. The van der Waals surface area contributed by atoms with Crippen LogP contribution in [0.1, 0.15) is 21.5 Å². The highest BCUT2D eigenvalue weighted by atomic mass is 32.2. The second kappa shape index (κ2) is 6.53. The first-order chi connectivity index (χ1) is 14.0. The number of morpholine rings is 1. The van der Waals surface area contributed by atoms with Crippen molar-refractivity contribution < 1.29 is 17.9 Å². The van der Waals surface area contributed by atoms with Gasteiger partial charge in [0.2, 0.25) is 5.78 Å². The van der Waals surface area contributed by atoms with Crippen LogP contribution in [0, 0.1) is 0 Å². The van der Waals surface area contributed by atoms with E-state index < -0.39 is 10.0 Å². The lowest BCUT2D eigenvalue weighted by Gasteiger charge is -2.29. The third-order valence-corrected chi connectivity index (χ3v) is 6.79. The Bertz CT molecular complexity index is 1210. The van der Waals surface area contributed by atoms with Crippen LogP contribution in [0.4, 0.5) is 5.69 Å². The Labute approximate surface area is 168 Å². The van der Waals surface area contributed by atoms with E-state index >= 15 is 0 Å². The quantitative estimate of drug-likeness (QED) is 0.832. The molecule has 5 rings (SSSR count). The highest BCUT2D eigenvalue weighted by Gasteiger charge is 2.40. The number of carbonyl (C=O) groups is 1. The van der Waals surface area contributed by atoms with Crippen LogP contribution in [0.5, 0.6) is 0 Å². The Morgan fingerprint density at radius 1 is 1.10 bits per heavy atom. The zero-order valence-corrected chi connectivity index (χ0v) is 16.6. The number of sulfonamides is 1. The summed E-state index contributed by atoms with van der Waals surface area (Å²) >= 11 is 0. The van der Waals surface area contributed by atoms with E-state index in [4.69, 9.17) is 4.74 Å². The van der Waals surface area contributed by atoms with E-state index in [1.165, 1.54) is 6.07 Å². The maximum Gasteiger partial charge on any atom is 0.283 e. The zero-order chi connectivity index (χ0) is 20.2. The molecule has 0 unspecified atom stereocenters. The summed E-state index contributed by atoms with van der Waals surface area (Å²) < 4.78 is 34.7. The summed E-state index contributed by atoms with van der Waals surface area (Å²) in [5, 5.41) is 2.98. The van der Waals surface area contributed by atoms with E-state index in [2.05, 4.69) is 14.6 Å². The van der Waals surface area contributed by atoms with Crippen molar-refractivity contribution in [2.75, 3.05) is 38.3 Å². The number of hydrogen-bond donors (Lipinski definition) is 1. The van der Waals surface area contributed by atoms with Crippen molar-refractivity contribution in [2.24, 2.45) is 4.40 Å². The van der Waals surface area contributed by atoms with Gasteiger partial charge < -0.3 is 15.0 Å². The molecule has 1 aliphatic carbocycles. The number of ether oxygens (including phenoxy) is 1. The van der Waals surface area contributed by atoms with Crippen LogP contribution < -0.4 is 10.2 Å². The second-order valence-electron chi connectivity index (χ2n) is 7.07. The number of anilines is 1. The molecule has 0 spiro atoms. The van der Waals surface area contributed by atoms with Crippen molar-refractivity contribution in [1.82, 2.24) is 5.32 Å². The first-order valence-electron chi connectivity index (χ1n) is 9.40. The van der Waals surface area contributed by atoms with Gasteiger partial charge in [-0.2, -0.15) is 12.8 Å². The summed E-state index contributed by atoms with van der Waals surface area (Å²) in [6.07, 6.45) is 0. The molecule has 2 aliphatic heterocycles. The topological polar surface area (TPSA) is 88.1 Å². The molecule has 29 heavy (non-hydrogen) atoms. The van der Waals surface area contributed by atoms with Crippen molar-refractivity contribution in [3.05, 3.63) is 64.9 Å². The molecular formula is C21H19N3O4S. The van der Waals surface area contributed by atoms with E-state index in [-0.39, 0.29) is 10.7 Å². The maximum atomic E-state index is 13.2. The molecule has 148 valence electrons. The number of nitrogens with zero attached hydrogens (tertiary/aromatic N) is 2. The minimum Gasteiger partial charge on any atom is -0.384 e. The third kappa shape index (κ3) is 2.71. The van der Waals surface area contributed by atoms with Crippen LogP contribution in [0.2, 0.25) is 0 Å². The number of ketones is 1. The van der Waals surface area contributed by atoms with Gasteiger partial charge in [-0.15, -0.1) is 0 Å². The largest absolute Gasteiger partial charge is 0.384 e. The van der Waals surface area contributed by atoms with Gasteiger partial charge >= 0.3 is 0 Å². The molecule has 2 heterocycles. The standard InChI is InChI=1S/C21H19N3O4S/c1-22-20-17(13-4-2-5-14(12-13)24-8-10-28-11-9-24)19-18-15(21(20)25)6-3-7-16(18)29(26,27)23-19/h2-7,12,22H,8-11H2,1H3. The van der Waals surface area contributed by atoms with Gasteiger partial charge in [-0.25, -0.2) is 0 Å². The van der Waals surface area contributed by atoms with Gasteiger partial charge in [0.15, 0.2) is 0 Å². The van der Waals surface area contributed by atoms with Crippen LogP contribution in [-0.4, -0.2) is 53.3 Å². The fourth-order valence-electron chi connectivity index (χ4n) is 4.13. The van der Waals surface area contributed by atoms with Crippen LogP contribution in [0.15, 0.2) is 57.5 Å². The van der Waals surface area contributed by atoms with Gasteiger partial charge in [-0.3, -0.25) is 4.79 Å². The van der Waals surface area contributed by atoms with Crippen LogP contribution >= 0.6 is 0 Å². The highest BCUT2D eigenvalue weighted by molar-refractivity contribution is 7.90. The number of carbonyl (C=O) groups excluding carboxylic acids is 1. The Morgan fingerprint density at radius 2 is 1.86 bits per heavy atom. The molecule has 0 amide bonds. The lowest BCUT2D eigenvalue weighted by Crippen LogP contribution is -2.36. The number of rotatable bonds is 3. The SMILES string of the molecule is CNC1=C(c2cccc(N3CCOCC3)c2)C2=NS(=O)(=O)c3cccc(c32)C1=O. The normalized spacial score (nSPS) is 19.8. The molecule has 2 aromatic rings. The number of Topliss-reactive ketones (excluding diaryl/α,β-unsaturated/α-hetero) is 1. The van der Waals surface area contributed by atoms with Crippen LogP contribution in [0.25, 0.3) is 5.57 Å². The Balaban J connectivity index is 1.72. The number of likely N-dealkylation sites (N-methyl/N-ethyl adjacent to an activating group) is 1. The molecule has 3 aliphatic rings. The molecule has 8 heteroatoms. The van der Waals surface area contributed by atoms with Crippen LogP contribution in [0.3, 0.4) is 0 Å². The molecule has 1 fully saturated rings. The fraction of sp³-hybridized carbons (Fsp3) is 0.238. The van der Waals surface area contributed by atoms with E-state index in [1.807, 2.05) is 24.3 Å². The summed E-state index contributed by atoms with van der Waals surface area (Å²) in [7, 11) is -2.16. The zero-order valence-electron chi connectivity index (χ0n) is 15.8. The molecule has 2 aromatic carbocycles. The van der Waals surface area contributed by atoms with E-state index in [9.17, 15) is 13.2 Å². The minimum atomic E-state index is -3.83. The fourth-order valence-corrected chi connectivity index (χ4v) is 5.37. The lowest BCUT2D eigenvalue weighted by atomic mass is 9.83. The lowest BCUT2D eigenvalue weighted by molar-refractivity contribution is 0.102.